The van der Waals surface area contributed by atoms with Crippen LogP contribution in [-0.2, 0) is 23.0 Å². The van der Waals surface area contributed by atoms with E-state index in [1.807, 2.05) is 49.3 Å². The lowest BCUT2D eigenvalue weighted by molar-refractivity contribution is 0.248. The SMILES string of the molecule is COc1cc2c(cc1OC)CN(CCCCNS(=O)(=O)c1cccc3c(N(C)C)cccc13)CC2.Cl.Cl. The molecule has 0 saturated carbocycles. The number of hydrogen-bond donors (Lipinski definition) is 1. The van der Waals surface area contributed by atoms with Gasteiger partial charge in [-0.1, -0.05) is 24.3 Å². The normalized spacial score (nSPS) is 13.3. The fraction of sp³-hybridized carbons (Fsp3) is 0.407. The summed E-state index contributed by atoms with van der Waals surface area (Å²) in [4.78, 5) is 4.74. The van der Waals surface area contributed by atoms with Gasteiger partial charge in [-0.15, -0.1) is 24.8 Å². The van der Waals surface area contributed by atoms with Crippen molar-refractivity contribution >= 4 is 51.3 Å². The van der Waals surface area contributed by atoms with Crippen LogP contribution in [0.5, 0.6) is 11.5 Å². The van der Waals surface area contributed by atoms with Crippen molar-refractivity contribution in [3.63, 3.8) is 0 Å². The molecule has 0 radical (unpaired) electrons. The van der Waals surface area contributed by atoms with Gasteiger partial charge in [-0.3, -0.25) is 4.90 Å². The Labute approximate surface area is 233 Å². The second-order valence-corrected chi connectivity index (χ2v) is 10.9. The molecule has 0 amide bonds. The van der Waals surface area contributed by atoms with Crippen molar-refractivity contribution in [1.29, 1.82) is 0 Å². The van der Waals surface area contributed by atoms with E-state index in [0.717, 1.165) is 66.9 Å². The van der Waals surface area contributed by atoms with Gasteiger partial charge in [0.2, 0.25) is 10.0 Å². The first-order valence-corrected chi connectivity index (χ1v) is 13.5. The van der Waals surface area contributed by atoms with Gasteiger partial charge in [0.15, 0.2) is 11.5 Å². The first-order valence-electron chi connectivity index (χ1n) is 12.0. The Morgan fingerprint density at radius 2 is 1.57 bits per heavy atom. The first-order chi connectivity index (χ1) is 16.8. The van der Waals surface area contributed by atoms with Gasteiger partial charge in [-0.25, -0.2) is 13.1 Å². The van der Waals surface area contributed by atoms with E-state index in [0.29, 0.717) is 11.4 Å². The molecule has 1 aliphatic rings. The maximum atomic E-state index is 13.1. The van der Waals surface area contributed by atoms with E-state index in [-0.39, 0.29) is 24.8 Å². The number of halogens is 2. The lowest BCUT2D eigenvalue weighted by Crippen LogP contribution is -2.32. The zero-order chi connectivity index (χ0) is 25.0. The van der Waals surface area contributed by atoms with Crippen molar-refractivity contribution in [1.82, 2.24) is 9.62 Å². The van der Waals surface area contributed by atoms with Crippen molar-refractivity contribution in [2.75, 3.05) is 52.8 Å². The maximum absolute atomic E-state index is 13.1. The quantitative estimate of drug-likeness (QED) is 0.351. The summed E-state index contributed by atoms with van der Waals surface area (Å²) in [7, 11) is 3.64. The highest BCUT2D eigenvalue weighted by Crippen LogP contribution is 2.33. The molecule has 0 saturated heterocycles. The molecule has 3 aromatic carbocycles. The molecule has 204 valence electrons. The van der Waals surface area contributed by atoms with E-state index in [4.69, 9.17) is 9.47 Å². The van der Waals surface area contributed by atoms with E-state index in [9.17, 15) is 8.42 Å². The van der Waals surface area contributed by atoms with Crippen molar-refractivity contribution < 1.29 is 17.9 Å². The number of ether oxygens (including phenoxy) is 2. The summed E-state index contributed by atoms with van der Waals surface area (Å²) in [6.07, 6.45) is 2.67. The average molecular weight is 571 g/mol. The van der Waals surface area contributed by atoms with E-state index >= 15 is 0 Å². The molecule has 1 N–H and O–H groups in total. The zero-order valence-electron chi connectivity index (χ0n) is 21.8. The number of unbranched alkanes of at least 4 members (excludes halogenated alkanes) is 1. The number of benzene rings is 3. The van der Waals surface area contributed by atoms with Gasteiger partial charge in [0.05, 0.1) is 19.1 Å². The number of hydrogen-bond acceptors (Lipinski definition) is 6. The van der Waals surface area contributed by atoms with E-state index in [1.54, 1.807) is 20.3 Å². The van der Waals surface area contributed by atoms with Crippen molar-refractivity contribution in [2.45, 2.75) is 30.7 Å². The molecule has 0 fully saturated rings. The number of sulfonamides is 1. The monoisotopic (exact) mass is 569 g/mol. The minimum absolute atomic E-state index is 0. The van der Waals surface area contributed by atoms with Crippen LogP contribution in [0.2, 0.25) is 0 Å². The average Bonchev–Trinajstić information content (AvgIpc) is 2.86. The van der Waals surface area contributed by atoms with Crippen LogP contribution in [0, 0.1) is 0 Å². The van der Waals surface area contributed by atoms with Crippen LogP contribution in [0.4, 0.5) is 5.69 Å². The molecule has 37 heavy (non-hydrogen) atoms. The molecular weight excluding hydrogens is 533 g/mol. The number of nitrogens with zero attached hydrogens (tertiary/aromatic N) is 2. The summed E-state index contributed by atoms with van der Waals surface area (Å²) in [6.45, 7) is 3.20. The molecule has 1 aliphatic heterocycles. The molecule has 0 spiro atoms. The summed E-state index contributed by atoms with van der Waals surface area (Å²) >= 11 is 0. The van der Waals surface area contributed by atoms with Gasteiger partial charge in [0, 0.05) is 50.2 Å². The maximum Gasteiger partial charge on any atom is 0.241 e. The summed E-state index contributed by atoms with van der Waals surface area (Å²) < 4.78 is 39.9. The molecule has 0 unspecified atom stereocenters. The molecule has 0 bridgehead atoms. The molecule has 4 rings (SSSR count). The molecule has 3 aromatic rings. The van der Waals surface area contributed by atoms with Crippen LogP contribution in [-0.4, -0.2) is 61.3 Å². The molecule has 7 nitrogen and oxygen atoms in total. The number of rotatable bonds is 10. The lowest BCUT2D eigenvalue weighted by Gasteiger charge is -2.29. The van der Waals surface area contributed by atoms with E-state index in [1.165, 1.54) is 11.1 Å². The molecule has 0 atom stereocenters. The van der Waals surface area contributed by atoms with Crippen LogP contribution in [0.25, 0.3) is 10.8 Å². The summed E-state index contributed by atoms with van der Waals surface area (Å²) in [6, 6.07) is 15.4. The Kier molecular flexibility index (Phi) is 11.3. The molecule has 0 aliphatic carbocycles. The third kappa shape index (κ3) is 7.00. The van der Waals surface area contributed by atoms with Gasteiger partial charge in [0.1, 0.15) is 0 Å². The number of fused-ring (bicyclic) bond motifs is 2. The van der Waals surface area contributed by atoms with Crippen LogP contribution in [0.15, 0.2) is 53.4 Å². The second kappa shape index (κ2) is 13.5. The minimum atomic E-state index is -3.60. The van der Waals surface area contributed by atoms with Gasteiger partial charge in [0.25, 0.3) is 0 Å². The fourth-order valence-corrected chi connectivity index (χ4v) is 6.06. The lowest BCUT2D eigenvalue weighted by atomic mass is 9.98. The van der Waals surface area contributed by atoms with E-state index < -0.39 is 10.0 Å². The molecule has 0 aromatic heterocycles. The largest absolute Gasteiger partial charge is 0.493 e. The van der Waals surface area contributed by atoms with Crippen LogP contribution in [0.1, 0.15) is 24.0 Å². The standard InChI is InChI=1S/C27H35N3O4S.2ClH/c1-29(2)24-11-7-10-23-22(24)9-8-12-27(23)35(31,32)28-14-5-6-15-30-16-13-20-17-25(33-3)26(34-4)18-21(20)19-30;;/h7-12,17-18,28H,5-6,13-16,19H2,1-4H3;2*1H. The van der Waals surface area contributed by atoms with Gasteiger partial charge in [-0.2, -0.15) is 0 Å². The van der Waals surface area contributed by atoms with Crippen molar-refractivity contribution in [2.24, 2.45) is 0 Å². The highest BCUT2D eigenvalue weighted by Gasteiger charge is 2.20. The Hall–Kier alpha value is -2.23. The summed E-state index contributed by atoms with van der Waals surface area (Å²) in [5.41, 5.74) is 3.57. The zero-order valence-corrected chi connectivity index (χ0v) is 24.3. The Bertz CT molecular complexity index is 1300. The molecule has 10 heteroatoms. The molecular formula is C27H37Cl2N3O4S. The fourth-order valence-electron chi connectivity index (χ4n) is 4.77. The topological polar surface area (TPSA) is 71.1 Å². The third-order valence-corrected chi connectivity index (χ3v) is 8.14. The Morgan fingerprint density at radius 1 is 0.919 bits per heavy atom. The molecule has 1 heterocycles. The highest BCUT2D eigenvalue weighted by molar-refractivity contribution is 7.89. The van der Waals surface area contributed by atoms with Gasteiger partial charge >= 0.3 is 0 Å². The smallest absolute Gasteiger partial charge is 0.241 e. The predicted octanol–water partition coefficient (Wildman–Crippen LogP) is 4.88. The summed E-state index contributed by atoms with van der Waals surface area (Å²) in [5.74, 6) is 1.53. The van der Waals surface area contributed by atoms with Crippen molar-refractivity contribution in [3.05, 3.63) is 59.7 Å². The van der Waals surface area contributed by atoms with Crippen LogP contribution < -0.4 is 19.1 Å². The number of methoxy groups -OCH3 is 2. The van der Waals surface area contributed by atoms with Crippen molar-refractivity contribution in [3.8, 4) is 11.5 Å². The predicted molar refractivity (Wildman–Crippen MR) is 156 cm³/mol. The number of anilines is 1. The third-order valence-electron chi connectivity index (χ3n) is 6.62. The van der Waals surface area contributed by atoms with Crippen LogP contribution in [0.3, 0.4) is 0 Å². The number of nitrogens with one attached hydrogen (secondary N) is 1. The van der Waals surface area contributed by atoms with Gasteiger partial charge < -0.3 is 14.4 Å². The first kappa shape index (κ1) is 31.0. The van der Waals surface area contributed by atoms with Crippen LogP contribution >= 0.6 is 24.8 Å². The second-order valence-electron chi connectivity index (χ2n) is 9.13. The van der Waals surface area contributed by atoms with E-state index in [2.05, 4.69) is 21.8 Å². The Morgan fingerprint density at radius 3 is 2.24 bits per heavy atom. The highest BCUT2D eigenvalue weighted by atomic mass is 35.5. The minimum Gasteiger partial charge on any atom is -0.493 e. The van der Waals surface area contributed by atoms with Gasteiger partial charge in [-0.05, 0) is 61.2 Å². The summed E-state index contributed by atoms with van der Waals surface area (Å²) in [5, 5.41) is 1.67. The Balaban J connectivity index is 0.00000241.